The Labute approximate surface area is 132 Å². The van der Waals surface area contributed by atoms with Crippen molar-refractivity contribution in [2.45, 2.75) is 6.18 Å². The third-order valence-corrected chi connectivity index (χ3v) is 3.50. The Hall–Kier alpha value is -1.64. The molecule has 1 aromatic rings. The molecule has 0 bridgehead atoms. The minimum Gasteiger partial charge on any atom is -0.379 e. The minimum absolute atomic E-state index is 0.0312. The van der Waals surface area contributed by atoms with E-state index in [-0.39, 0.29) is 12.2 Å². The summed E-state index contributed by atoms with van der Waals surface area (Å²) in [5, 5.41) is 5.24. The smallest absolute Gasteiger partial charge is 0.379 e. The van der Waals surface area contributed by atoms with Crippen molar-refractivity contribution in [3.63, 3.8) is 0 Å². The third kappa shape index (κ3) is 5.81. The molecule has 1 aromatic carbocycles. The van der Waals surface area contributed by atoms with Crippen molar-refractivity contribution in [1.29, 1.82) is 0 Å². The molecule has 0 atom stereocenters. The minimum atomic E-state index is -4.49. The zero-order chi connectivity index (χ0) is 16.7. The van der Waals surface area contributed by atoms with Crippen molar-refractivity contribution in [1.82, 2.24) is 10.2 Å². The Morgan fingerprint density at radius 3 is 2.61 bits per heavy atom. The molecular weight excluding hydrogens is 311 g/mol. The number of morpholine rings is 1. The molecule has 1 fully saturated rings. The number of alkyl halides is 3. The highest BCUT2D eigenvalue weighted by Crippen LogP contribution is 2.34. The molecule has 8 heteroatoms. The van der Waals surface area contributed by atoms with Gasteiger partial charge in [0.05, 0.1) is 31.0 Å². The van der Waals surface area contributed by atoms with Gasteiger partial charge in [0.1, 0.15) is 0 Å². The summed E-state index contributed by atoms with van der Waals surface area (Å²) in [4.78, 5) is 14.0. The molecule has 2 N–H and O–H groups in total. The Morgan fingerprint density at radius 1 is 1.22 bits per heavy atom. The number of carbonyl (C=O) groups is 1. The van der Waals surface area contributed by atoms with Crippen LogP contribution in [-0.4, -0.2) is 56.7 Å². The summed E-state index contributed by atoms with van der Waals surface area (Å²) in [7, 11) is 0. The van der Waals surface area contributed by atoms with Crippen LogP contribution in [0, 0.1) is 0 Å². The van der Waals surface area contributed by atoms with Gasteiger partial charge in [0.25, 0.3) is 0 Å². The van der Waals surface area contributed by atoms with E-state index in [4.69, 9.17) is 4.74 Å². The number of nitrogens with zero attached hydrogens (tertiary/aromatic N) is 1. The largest absolute Gasteiger partial charge is 0.418 e. The molecule has 2 rings (SSSR count). The highest BCUT2D eigenvalue weighted by atomic mass is 19.4. The SMILES string of the molecule is O=C(CNCCN1CCOCC1)Nc1ccccc1C(F)(F)F. The zero-order valence-corrected chi connectivity index (χ0v) is 12.7. The molecule has 0 unspecified atom stereocenters. The van der Waals surface area contributed by atoms with Gasteiger partial charge in [-0.3, -0.25) is 9.69 Å². The molecule has 1 heterocycles. The standard InChI is InChI=1S/C15H20F3N3O2/c16-15(17,18)12-3-1-2-4-13(12)20-14(22)11-19-5-6-21-7-9-23-10-8-21/h1-4,19H,5-11H2,(H,20,22). The lowest BCUT2D eigenvalue weighted by Crippen LogP contribution is -2.41. The molecule has 0 radical (unpaired) electrons. The van der Waals surface area contributed by atoms with Gasteiger partial charge >= 0.3 is 6.18 Å². The van der Waals surface area contributed by atoms with E-state index < -0.39 is 17.6 Å². The number of benzene rings is 1. The summed E-state index contributed by atoms with van der Waals surface area (Å²) in [6, 6.07) is 4.94. The second-order valence-electron chi connectivity index (χ2n) is 5.22. The number of anilines is 1. The second-order valence-corrected chi connectivity index (χ2v) is 5.22. The van der Waals surface area contributed by atoms with Crippen LogP contribution in [-0.2, 0) is 15.7 Å². The lowest BCUT2D eigenvalue weighted by atomic mass is 10.1. The normalized spacial score (nSPS) is 16.3. The molecule has 0 saturated carbocycles. The van der Waals surface area contributed by atoms with Gasteiger partial charge in [-0.15, -0.1) is 0 Å². The summed E-state index contributed by atoms with van der Waals surface area (Å²) in [5.74, 6) is -0.497. The van der Waals surface area contributed by atoms with Crippen LogP contribution in [0.15, 0.2) is 24.3 Å². The number of nitrogens with one attached hydrogen (secondary N) is 2. The van der Waals surface area contributed by atoms with E-state index in [1.54, 1.807) is 0 Å². The van der Waals surface area contributed by atoms with Crippen molar-refractivity contribution in [2.75, 3.05) is 51.3 Å². The fourth-order valence-corrected chi connectivity index (χ4v) is 2.30. The van der Waals surface area contributed by atoms with Crippen molar-refractivity contribution >= 4 is 11.6 Å². The summed E-state index contributed by atoms with van der Waals surface area (Å²) < 4.78 is 43.7. The number of rotatable bonds is 6. The first-order valence-electron chi connectivity index (χ1n) is 7.44. The van der Waals surface area contributed by atoms with Crippen LogP contribution >= 0.6 is 0 Å². The first-order valence-corrected chi connectivity index (χ1v) is 7.44. The molecule has 1 saturated heterocycles. The summed E-state index contributed by atoms with van der Waals surface area (Å²) >= 11 is 0. The van der Waals surface area contributed by atoms with Gasteiger partial charge in [-0.1, -0.05) is 12.1 Å². The Kier molecular flexibility index (Phi) is 6.37. The van der Waals surface area contributed by atoms with Crippen LogP contribution in [0.3, 0.4) is 0 Å². The lowest BCUT2D eigenvalue weighted by molar-refractivity contribution is -0.137. The van der Waals surface area contributed by atoms with E-state index in [0.29, 0.717) is 19.8 Å². The van der Waals surface area contributed by atoms with Crippen LogP contribution in [0.1, 0.15) is 5.56 Å². The van der Waals surface area contributed by atoms with Gasteiger partial charge < -0.3 is 15.4 Å². The van der Waals surface area contributed by atoms with Crippen molar-refractivity contribution in [3.05, 3.63) is 29.8 Å². The van der Waals surface area contributed by atoms with Crippen molar-refractivity contribution < 1.29 is 22.7 Å². The average Bonchev–Trinajstić information content (AvgIpc) is 2.52. The van der Waals surface area contributed by atoms with E-state index in [2.05, 4.69) is 15.5 Å². The monoisotopic (exact) mass is 331 g/mol. The fraction of sp³-hybridized carbons (Fsp3) is 0.533. The van der Waals surface area contributed by atoms with Crippen LogP contribution in [0.5, 0.6) is 0 Å². The van der Waals surface area contributed by atoms with E-state index in [0.717, 1.165) is 25.7 Å². The third-order valence-electron chi connectivity index (χ3n) is 3.50. The van der Waals surface area contributed by atoms with Gasteiger partial charge in [0.15, 0.2) is 0 Å². The maximum atomic E-state index is 12.8. The second kappa shape index (κ2) is 8.28. The molecule has 0 spiro atoms. The quantitative estimate of drug-likeness (QED) is 0.777. The molecule has 1 amide bonds. The number of ether oxygens (including phenoxy) is 1. The molecule has 0 aromatic heterocycles. The van der Waals surface area contributed by atoms with Gasteiger partial charge in [0, 0.05) is 26.2 Å². The van der Waals surface area contributed by atoms with Crippen molar-refractivity contribution in [3.8, 4) is 0 Å². The van der Waals surface area contributed by atoms with Crippen LogP contribution in [0.2, 0.25) is 0 Å². The number of para-hydroxylation sites is 1. The van der Waals surface area contributed by atoms with Crippen LogP contribution in [0.25, 0.3) is 0 Å². The number of amides is 1. The number of hydrogen-bond donors (Lipinski definition) is 2. The first kappa shape index (κ1) is 17.7. The maximum absolute atomic E-state index is 12.8. The van der Waals surface area contributed by atoms with E-state index >= 15 is 0 Å². The van der Waals surface area contributed by atoms with Gasteiger partial charge in [-0.05, 0) is 12.1 Å². The Balaban J connectivity index is 1.74. The zero-order valence-electron chi connectivity index (χ0n) is 12.7. The van der Waals surface area contributed by atoms with Crippen LogP contribution in [0.4, 0.5) is 18.9 Å². The molecule has 5 nitrogen and oxygen atoms in total. The highest BCUT2D eigenvalue weighted by molar-refractivity contribution is 5.93. The highest BCUT2D eigenvalue weighted by Gasteiger charge is 2.33. The predicted molar refractivity (Wildman–Crippen MR) is 80.2 cm³/mol. The van der Waals surface area contributed by atoms with Gasteiger partial charge in [-0.25, -0.2) is 0 Å². The fourth-order valence-electron chi connectivity index (χ4n) is 2.30. The molecular formula is C15H20F3N3O2. The first-order chi connectivity index (χ1) is 11.0. The molecule has 128 valence electrons. The molecule has 0 aliphatic carbocycles. The Bertz CT molecular complexity index is 517. The number of hydrogen-bond acceptors (Lipinski definition) is 4. The van der Waals surface area contributed by atoms with E-state index in [1.165, 1.54) is 18.2 Å². The Morgan fingerprint density at radius 2 is 1.91 bits per heavy atom. The molecule has 1 aliphatic rings. The van der Waals surface area contributed by atoms with E-state index in [1.807, 2.05) is 0 Å². The molecule has 23 heavy (non-hydrogen) atoms. The lowest BCUT2D eigenvalue weighted by Gasteiger charge is -2.26. The summed E-state index contributed by atoms with van der Waals surface area (Å²) in [6.07, 6.45) is -4.49. The van der Waals surface area contributed by atoms with E-state index in [9.17, 15) is 18.0 Å². The van der Waals surface area contributed by atoms with Gasteiger partial charge in [0.2, 0.25) is 5.91 Å². The topological polar surface area (TPSA) is 53.6 Å². The number of halogens is 3. The van der Waals surface area contributed by atoms with Crippen molar-refractivity contribution in [2.24, 2.45) is 0 Å². The van der Waals surface area contributed by atoms with Gasteiger partial charge in [-0.2, -0.15) is 13.2 Å². The number of carbonyl (C=O) groups excluding carboxylic acids is 1. The molecule has 1 aliphatic heterocycles. The maximum Gasteiger partial charge on any atom is 0.418 e. The predicted octanol–water partition coefficient (Wildman–Crippen LogP) is 1.57. The average molecular weight is 331 g/mol. The van der Waals surface area contributed by atoms with Crippen LogP contribution < -0.4 is 10.6 Å². The summed E-state index contributed by atoms with van der Waals surface area (Å²) in [5.41, 5.74) is -1.07. The summed E-state index contributed by atoms with van der Waals surface area (Å²) in [6.45, 7) is 4.45.